The Hall–Kier alpha value is -2.35. The van der Waals surface area contributed by atoms with Crippen molar-refractivity contribution in [1.29, 1.82) is 0 Å². The molecule has 0 aliphatic carbocycles. The third kappa shape index (κ3) is 5.82. The van der Waals surface area contributed by atoms with E-state index in [0.29, 0.717) is 13.1 Å². The number of rotatable bonds is 7. The maximum absolute atomic E-state index is 4.60. The van der Waals surface area contributed by atoms with Gasteiger partial charge in [-0.05, 0) is 30.2 Å². The minimum atomic E-state index is 0. The number of nitrogens with zero attached hydrogens (tertiary/aromatic N) is 3. The van der Waals surface area contributed by atoms with Crippen LogP contribution in [0.5, 0.6) is 0 Å². The molecule has 3 rings (SSSR count). The van der Waals surface area contributed by atoms with E-state index in [1.54, 1.807) is 0 Å². The van der Waals surface area contributed by atoms with Crippen LogP contribution in [0.2, 0.25) is 0 Å². The van der Waals surface area contributed by atoms with Gasteiger partial charge in [0.25, 0.3) is 0 Å². The van der Waals surface area contributed by atoms with E-state index in [1.165, 1.54) is 11.1 Å². The van der Waals surface area contributed by atoms with Crippen molar-refractivity contribution in [3.8, 4) is 0 Å². The van der Waals surface area contributed by atoms with Crippen LogP contribution in [0.25, 0.3) is 11.0 Å². The molecule has 0 atom stereocenters. The third-order valence-corrected chi connectivity index (χ3v) is 4.08. The topological polar surface area (TPSA) is 54.2 Å². The summed E-state index contributed by atoms with van der Waals surface area (Å²) in [7, 11) is 0. The molecule has 6 heteroatoms. The van der Waals surface area contributed by atoms with Crippen molar-refractivity contribution in [3.05, 3.63) is 78.6 Å². The first-order valence-corrected chi connectivity index (χ1v) is 8.91. The molecule has 0 saturated heterocycles. The van der Waals surface area contributed by atoms with Crippen LogP contribution in [0.1, 0.15) is 18.1 Å². The average Bonchev–Trinajstić information content (AvgIpc) is 3.08. The van der Waals surface area contributed by atoms with Gasteiger partial charge in [-0.25, -0.2) is 9.98 Å². The van der Waals surface area contributed by atoms with Gasteiger partial charge in [0.2, 0.25) is 0 Å². The number of halogens is 1. The molecule has 0 saturated carbocycles. The highest BCUT2D eigenvalue weighted by molar-refractivity contribution is 14.0. The Kier molecular flexibility index (Phi) is 8.32. The van der Waals surface area contributed by atoms with Gasteiger partial charge in [0, 0.05) is 19.6 Å². The van der Waals surface area contributed by atoms with Crippen molar-refractivity contribution in [2.45, 2.75) is 20.0 Å². The molecule has 1 aromatic heterocycles. The molecule has 0 aliphatic rings. The van der Waals surface area contributed by atoms with E-state index in [1.807, 2.05) is 30.6 Å². The standard InChI is InChI=1S/C21H25N5.HI/c1-3-13-23-21(22-4-2)24-14-17-9-11-18(12-10-17)15-26-16-25-19-7-5-6-8-20(19)26;/h3,5-12,16H,1,4,13-15H2,2H3,(H2,22,23,24);1H. The fourth-order valence-electron chi connectivity index (χ4n) is 2.76. The van der Waals surface area contributed by atoms with E-state index in [2.05, 4.69) is 69.0 Å². The minimum Gasteiger partial charge on any atom is -0.357 e. The first kappa shape index (κ1) is 21.0. The molecule has 0 amide bonds. The first-order chi connectivity index (χ1) is 12.8. The number of guanidine groups is 1. The van der Waals surface area contributed by atoms with Gasteiger partial charge in [0.05, 0.1) is 23.9 Å². The lowest BCUT2D eigenvalue weighted by atomic mass is 10.1. The van der Waals surface area contributed by atoms with Crippen LogP contribution in [0, 0.1) is 0 Å². The van der Waals surface area contributed by atoms with Gasteiger partial charge in [-0.1, -0.05) is 42.5 Å². The zero-order valence-electron chi connectivity index (χ0n) is 15.6. The number of nitrogens with one attached hydrogen (secondary N) is 2. The summed E-state index contributed by atoms with van der Waals surface area (Å²) in [5, 5.41) is 6.44. The molecule has 0 fully saturated rings. The van der Waals surface area contributed by atoms with E-state index in [0.717, 1.165) is 30.1 Å². The highest BCUT2D eigenvalue weighted by atomic mass is 127. The van der Waals surface area contributed by atoms with Gasteiger partial charge in [-0.2, -0.15) is 0 Å². The second-order valence-corrected chi connectivity index (χ2v) is 6.04. The van der Waals surface area contributed by atoms with Crippen molar-refractivity contribution < 1.29 is 0 Å². The van der Waals surface area contributed by atoms with Gasteiger partial charge in [0.15, 0.2) is 5.96 Å². The highest BCUT2D eigenvalue weighted by Gasteiger charge is 2.03. The van der Waals surface area contributed by atoms with Crippen molar-refractivity contribution in [2.75, 3.05) is 13.1 Å². The quantitative estimate of drug-likeness (QED) is 0.236. The number of hydrogen-bond donors (Lipinski definition) is 2. The molecule has 27 heavy (non-hydrogen) atoms. The van der Waals surface area contributed by atoms with Crippen LogP contribution < -0.4 is 10.6 Å². The number of benzene rings is 2. The number of aromatic nitrogens is 2. The van der Waals surface area contributed by atoms with Gasteiger partial charge >= 0.3 is 0 Å². The predicted octanol–water partition coefficient (Wildman–Crippen LogP) is 3.94. The fourth-order valence-corrected chi connectivity index (χ4v) is 2.76. The third-order valence-electron chi connectivity index (χ3n) is 4.08. The zero-order chi connectivity index (χ0) is 18.2. The first-order valence-electron chi connectivity index (χ1n) is 8.91. The molecule has 2 aromatic carbocycles. The maximum Gasteiger partial charge on any atom is 0.191 e. The molecule has 0 aliphatic heterocycles. The molecule has 142 valence electrons. The molecule has 3 aromatic rings. The predicted molar refractivity (Wildman–Crippen MR) is 124 cm³/mol. The van der Waals surface area contributed by atoms with Crippen molar-refractivity contribution in [3.63, 3.8) is 0 Å². The van der Waals surface area contributed by atoms with Gasteiger partial charge < -0.3 is 15.2 Å². The molecule has 2 N–H and O–H groups in total. The molecular weight excluding hydrogens is 449 g/mol. The number of aliphatic imine (C=N–C) groups is 1. The molecular formula is C21H26IN5. The number of hydrogen-bond acceptors (Lipinski definition) is 2. The number of para-hydroxylation sites is 2. The summed E-state index contributed by atoms with van der Waals surface area (Å²) in [5.74, 6) is 0.807. The van der Waals surface area contributed by atoms with Crippen molar-refractivity contribution in [1.82, 2.24) is 20.2 Å². The smallest absolute Gasteiger partial charge is 0.191 e. The Morgan fingerprint density at radius 1 is 1.11 bits per heavy atom. The van der Waals surface area contributed by atoms with Crippen LogP contribution in [0.3, 0.4) is 0 Å². The molecule has 0 spiro atoms. The molecule has 0 unspecified atom stereocenters. The lowest BCUT2D eigenvalue weighted by molar-refractivity contribution is 0.823. The van der Waals surface area contributed by atoms with Crippen LogP contribution in [0.15, 0.2) is 72.5 Å². The Bertz CT molecular complexity index is 883. The number of fused-ring (bicyclic) bond motifs is 1. The molecule has 5 nitrogen and oxygen atoms in total. The summed E-state index contributed by atoms with van der Waals surface area (Å²) in [5.41, 5.74) is 4.61. The fraction of sp³-hybridized carbons (Fsp3) is 0.238. The van der Waals surface area contributed by atoms with E-state index >= 15 is 0 Å². The van der Waals surface area contributed by atoms with E-state index < -0.39 is 0 Å². The summed E-state index contributed by atoms with van der Waals surface area (Å²) >= 11 is 0. The Morgan fingerprint density at radius 3 is 2.59 bits per heavy atom. The monoisotopic (exact) mass is 475 g/mol. The lowest BCUT2D eigenvalue weighted by Gasteiger charge is -2.09. The van der Waals surface area contributed by atoms with Crippen molar-refractivity contribution >= 4 is 41.0 Å². The summed E-state index contributed by atoms with van der Waals surface area (Å²) in [6.07, 6.45) is 3.72. The Morgan fingerprint density at radius 2 is 1.85 bits per heavy atom. The average molecular weight is 475 g/mol. The van der Waals surface area contributed by atoms with Gasteiger partial charge in [0.1, 0.15) is 0 Å². The molecule has 0 radical (unpaired) electrons. The second-order valence-electron chi connectivity index (χ2n) is 6.04. The highest BCUT2D eigenvalue weighted by Crippen LogP contribution is 2.14. The van der Waals surface area contributed by atoms with Gasteiger partial charge in [-0.3, -0.25) is 0 Å². The van der Waals surface area contributed by atoms with Gasteiger partial charge in [-0.15, -0.1) is 30.6 Å². The zero-order valence-corrected chi connectivity index (χ0v) is 17.9. The maximum atomic E-state index is 4.60. The second kappa shape index (κ2) is 10.7. The van der Waals surface area contributed by atoms with E-state index in [-0.39, 0.29) is 24.0 Å². The molecule has 1 heterocycles. The summed E-state index contributed by atoms with van der Waals surface area (Å²) in [6, 6.07) is 16.8. The summed E-state index contributed by atoms with van der Waals surface area (Å²) in [4.78, 5) is 9.05. The Balaban J connectivity index is 0.00000261. The van der Waals surface area contributed by atoms with Crippen LogP contribution >= 0.6 is 24.0 Å². The Labute approximate surface area is 177 Å². The lowest BCUT2D eigenvalue weighted by Crippen LogP contribution is -2.37. The van der Waals surface area contributed by atoms with Crippen LogP contribution in [0.4, 0.5) is 0 Å². The molecule has 0 bridgehead atoms. The number of imidazole rings is 1. The normalized spacial score (nSPS) is 11.1. The van der Waals surface area contributed by atoms with Crippen molar-refractivity contribution in [2.24, 2.45) is 4.99 Å². The van der Waals surface area contributed by atoms with E-state index in [9.17, 15) is 0 Å². The van der Waals surface area contributed by atoms with Crippen LogP contribution in [-0.2, 0) is 13.1 Å². The SMILES string of the molecule is C=CCNC(=NCc1ccc(Cn2cnc3ccccc32)cc1)NCC.I. The van der Waals surface area contributed by atoms with Crippen LogP contribution in [-0.4, -0.2) is 28.6 Å². The summed E-state index contributed by atoms with van der Waals surface area (Å²) in [6.45, 7) is 8.76. The van der Waals surface area contributed by atoms with E-state index in [4.69, 9.17) is 0 Å². The largest absolute Gasteiger partial charge is 0.357 e. The minimum absolute atomic E-state index is 0. The summed E-state index contributed by atoms with van der Waals surface area (Å²) < 4.78 is 2.17.